The fourth-order valence-corrected chi connectivity index (χ4v) is 2.50. The van der Waals surface area contributed by atoms with Crippen LogP contribution in [-0.2, 0) is 27.3 Å². The van der Waals surface area contributed by atoms with Gasteiger partial charge >= 0.3 is 25.2 Å². The summed E-state index contributed by atoms with van der Waals surface area (Å²) >= 11 is 8.15. The van der Waals surface area contributed by atoms with Crippen LogP contribution in [0.15, 0.2) is 29.5 Å². The zero-order valence-electron chi connectivity index (χ0n) is 12.7. The molecule has 1 fully saturated rings. The second-order valence-corrected chi connectivity index (χ2v) is 5.46. The van der Waals surface area contributed by atoms with Gasteiger partial charge in [-0.05, 0) is 31.9 Å². The molecule has 1 saturated heterocycles. The van der Waals surface area contributed by atoms with Crippen molar-refractivity contribution in [1.82, 2.24) is 9.88 Å². The molecule has 22 heavy (non-hydrogen) atoms. The van der Waals surface area contributed by atoms with E-state index in [9.17, 15) is 0 Å². The Morgan fingerprint density at radius 2 is 1.86 bits per heavy atom. The second kappa shape index (κ2) is 12.0. The van der Waals surface area contributed by atoms with Crippen molar-refractivity contribution in [2.24, 2.45) is 5.10 Å². The molecule has 0 amide bonds. The van der Waals surface area contributed by atoms with E-state index >= 15 is 0 Å². The van der Waals surface area contributed by atoms with Crippen LogP contribution in [-0.4, -0.2) is 33.8 Å². The monoisotopic (exact) mass is 388 g/mol. The Labute approximate surface area is 150 Å². The maximum atomic E-state index is 4.49. The molecule has 1 aliphatic heterocycles. The van der Waals surface area contributed by atoms with Crippen LogP contribution in [0.4, 0.5) is 0 Å². The van der Waals surface area contributed by atoms with Crippen molar-refractivity contribution < 1.29 is 15.1 Å². The number of thiol groups is 1. The Balaban J connectivity index is 0.00000116. The van der Waals surface area contributed by atoms with Crippen LogP contribution >= 0.6 is 10.1 Å². The molecular formula is C15H22ClCuN4S. The van der Waals surface area contributed by atoms with Crippen molar-refractivity contribution in [1.29, 1.82) is 0 Å². The fourth-order valence-electron chi connectivity index (χ4n) is 2.26. The van der Waals surface area contributed by atoms with Crippen molar-refractivity contribution in [2.75, 3.05) is 13.1 Å². The van der Waals surface area contributed by atoms with Gasteiger partial charge in [0.1, 0.15) is 0 Å². The fraction of sp³-hybridized carbons (Fsp3) is 0.533. The van der Waals surface area contributed by atoms with Gasteiger partial charge in [0.2, 0.25) is 0 Å². The van der Waals surface area contributed by atoms with E-state index < -0.39 is 0 Å². The van der Waals surface area contributed by atoms with Gasteiger partial charge in [-0.15, -0.1) is 0 Å². The Morgan fingerprint density at radius 1 is 1.23 bits per heavy atom. The molecule has 0 atom stereocenters. The van der Waals surface area contributed by atoms with Crippen molar-refractivity contribution >= 4 is 33.1 Å². The molecule has 4 nitrogen and oxygen atoms in total. The molecule has 2 rings (SSSR count). The molecule has 1 aromatic heterocycles. The SMILES string of the molecule is CC(=N[N-]C(=[SH+])N1CCCCCCC1)c1ccccn1.[Cl][Cu]. The van der Waals surface area contributed by atoms with Crippen LogP contribution in [0.1, 0.15) is 44.7 Å². The first kappa shape index (κ1) is 19.5. The summed E-state index contributed by atoms with van der Waals surface area (Å²) in [5.74, 6) is 0. The average Bonchev–Trinajstić information content (AvgIpc) is 2.55. The van der Waals surface area contributed by atoms with Gasteiger partial charge in [0.05, 0.1) is 5.69 Å². The van der Waals surface area contributed by atoms with Gasteiger partial charge in [0.15, 0.2) is 17.3 Å². The molecule has 0 aromatic carbocycles. The van der Waals surface area contributed by atoms with E-state index in [1.807, 2.05) is 25.1 Å². The molecule has 1 aliphatic rings. The Hall–Kier alpha value is -0.521. The van der Waals surface area contributed by atoms with Gasteiger partial charge in [-0.25, -0.2) is 4.90 Å². The third-order valence-electron chi connectivity index (χ3n) is 3.46. The number of likely N-dealkylation sites (tertiary alicyclic amines) is 1. The number of halogens is 1. The van der Waals surface area contributed by atoms with Crippen LogP contribution in [0.25, 0.3) is 5.43 Å². The van der Waals surface area contributed by atoms with E-state index in [1.54, 1.807) is 6.20 Å². The zero-order valence-corrected chi connectivity index (χ0v) is 15.3. The van der Waals surface area contributed by atoms with Crippen LogP contribution < -0.4 is 0 Å². The van der Waals surface area contributed by atoms with Crippen molar-refractivity contribution in [3.63, 3.8) is 0 Å². The summed E-state index contributed by atoms with van der Waals surface area (Å²) in [5.41, 5.74) is 5.91. The third-order valence-corrected chi connectivity index (χ3v) is 3.84. The van der Waals surface area contributed by atoms with Crippen molar-refractivity contribution in [3.05, 3.63) is 35.5 Å². The van der Waals surface area contributed by atoms with E-state index in [2.05, 4.69) is 57.8 Å². The van der Waals surface area contributed by atoms with E-state index in [-0.39, 0.29) is 0 Å². The van der Waals surface area contributed by atoms with Crippen molar-refractivity contribution in [2.45, 2.75) is 39.0 Å². The molecule has 2 heterocycles. The molecule has 0 unspecified atom stereocenters. The minimum absolute atomic E-state index is 0.710. The van der Waals surface area contributed by atoms with Crippen LogP contribution in [0, 0.1) is 0 Å². The Morgan fingerprint density at radius 3 is 2.45 bits per heavy atom. The van der Waals surface area contributed by atoms with Crippen LogP contribution in [0.2, 0.25) is 0 Å². The molecule has 1 aromatic rings. The third kappa shape index (κ3) is 7.16. The number of nitrogens with zero attached hydrogens (tertiary/aromatic N) is 4. The summed E-state index contributed by atoms with van der Waals surface area (Å²) in [6.07, 6.45) is 8.13. The van der Waals surface area contributed by atoms with Gasteiger partial charge in [0.25, 0.3) is 0 Å². The predicted octanol–water partition coefficient (Wildman–Crippen LogP) is 3.50. The van der Waals surface area contributed by atoms with Crippen LogP contribution in [0.3, 0.4) is 0 Å². The predicted molar refractivity (Wildman–Crippen MR) is 94.1 cm³/mol. The molecule has 0 bridgehead atoms. The first-order valence-electron chi connectivity index (χ1n) is 7.36. The van der Waals surface area contributed by atoms with E-state index in [0.29, 0.717) is 5.11 Å². The summed E-state index contributed by atoms with van der Waals surface area (Å²) in [6, 6.07) is 5.78. The van der Waals surface area contributed by atoms with E-state index in [4.69, 9.17) is 0 Å². The molecular weight excluding hydrogens is 367 g/mol. The normalized spacial score (nSPS) is 16.8. The summed E-state index contributed by atoms with van der Waals surface area (Å²) in [5, 5.41) is 4.96. The number of rotatable bonds is 2. The molecule has 126 valence electrons. The summed E-state index contributed by atoms with van der Waals surface area (Å²) in [4.78, 5) is 6.48. The molecule has 0 radical (unpaired) electrons. The molecule has 7 heteroatoms. The van der Waals surface area contributed by atoms with Gasteiger partial charge in [-0.3, -0.25) is 4.98 Å². The first-order chi connectivity index (χ1) is 10.8. The zero-order chi connectivity index (χ0) is 16.2. The average molecular weight is 389 g/mol. The van der Waals surface area contributed by atoms with Crippen LogP contribution in [0.5, 0.6) is 0 Å². The van der Waals surface area contributed by atoms with Gasteiger partial charge in [-0.1, -0.05) is 25.3 Å². The molecule has 0 saturated carbocycles. The Kier molecular flexibility index (Phi) is 10.6. The quantitative estimate of drug-likeness (QED) is 0.194. The van der Waals surface area contributed by atoms with E-state index in [1.165, 1.54) is 32.1 Å². The summed E-state index contributed by atoms with van der Waals surface area (Å²) < 4.78 is 0. The first-order valence-corrected chi connectivity index (χ1v) is 9.10. The summed E-state index contributed by atoms with van der Waals surface area (Å²) in [6.45, 7) is 3.97. The van der Waals surface area contributed by atoms with Gasteiger partial charge < -0.3 is 10.5 Å². The maximum absolute atomic E-state index is 4.49. The second-order valence-electron chi connectivity index (χ2n) is 5.06. The number of hydrogen-bond acceptors (Lipinski definition) is 2. The van der Waals surface area contributed by atoms with E-state index in [0.717, 1.165) is 24.5 Å². The summed E-state index contributed by atoms with van der Waals surface area (Å²) in [7, 11) is 4.20. The van der Waals surface area contributed by atoms with Gasteiger partial charge in [-0.2, -0.15) is 0 Å². The van der Waals surface area contributed by atoms with Crippen molar-refractivity contribution in [3.8, 4) is 0 Å². The Bertz CT molecular complexity index is 462. The standard InChI is InChI=1S/C15H22N4S.ClH.Cu/c1-13(14-9-5-6-10-16-14)17-18-15(20)19-11-7-3-2-4-8-12-19;;/h5-6,9-10H,2-4,7-8,11-12H2,1H3,(H,16,18,20);1H;/q;;+1/p-1. The molecule has 0 spiro atoms. The van der Waals surface area contributed by atoms with Gasteiger partial charge in [0, 0.05) is 25.0 Å². The number of aromatic nitrogens is 1. The minimum atomic E-state index is 0.710. The molecule has 0 N–H and O–H groups in total. The number of hydrogen-bond donors (Lipinski definition) is 0. The number of pyridine rings is 1. The molecule has 0 aliphatic carbocycles. The topological polar surface area (TPSA) is 42.6 Å².